The number of fused-ring (bicyclic) bond motifs is 4. The fourth-order valence-corrected chi connectivity index (χ4v) is 10.9. The highest BCUT2D eigenvalue weighted by atomic mass is 35.5. The molecular formula is C41H57ClN4O7S. The molecule has 1 saturated carbocycles. The fraction of sp³-hybridized carbons (Fsp3) is 0.610. The van der Waals surface area contributed by atoms with Crippen LogP contribution in [0.1, 0.15) is 66.9 Å². The highest BCUT2D eigenvalue weighted by Crippen LogP contribution is 2.48. The summed E-state index contributed by atoms with van der Waals surface area (Å²) in [6, 6.07) is 11.3. The molecule has 54 heavy (non-hydrogen) atoms. The first-order valence-corrected chi connectivity index (χ1v) is 21.3. The topological polar surface area (TPSA) is 127 Å². The monoisotopic (exact) mass is 784 g/mol. The molecule has 0 radical (unpaired) electrons. The van der Waals surface area contributed by atoms with Gasteiger partial charge < -0.3 is 29.3 Å². The summed E-state index contributed by atoms with van der Waals surface area (Å²) in [5.41, 5.74) is 1.97. The van der Waals surface area contributed by atoms with Gasteiger partial charge in [0.05, 0.1) is 17.5 Å². The van der Waals surface area contributed by atoms with Gasteiger partial charge in [0.1, 0.15) is 11.4 Å². The largest absolute Gasteiger partial charge is 0.490 e. The van der Waals surface area contributed by atoms with Crippen molar-refractivity contribution in [2.24, 2.45) is 17.8 Å². The zero-order valence-electron chi connectivity index (χ0n) is 32.2. The van der Waals surface area contributed by atoms with Crippen LogP contribution in [0.5, 0.6) is 5.75 Å². The maximum Gasteiger partial charge on any atom is 0.264 e. The number of aryl methyl sites for hydroxylation is 1. The summed E-state index contributed by atoms with van der Waals surface area (Å²) in [6.07, 6.45) is 9.78. The number of aldehydes is 1. The van der Waals surface area contributed by atoms with Gasteiger partial charge in [-0.05, 0) is 111 Å². The van der Waals surface area contributed by atoms with Crippen molar-refractivity contribution in [1.82, 2.24) is 14.9 Å². The van der Waals surface area contributed by atoms with Crippen molar-refractivity contribution in [3.05, 3.63) is 70.3 Å². The molecule has 2 bridgehead atoms. The van der Waals surface area contributed by atoms with E-state index in [2.05, 4.69) is 39.0 Å². The molecule has 2 aromatic carbocycles. The lowest BCUT2D eigenvalue weighted by Gasteiger charge is -2.48. The van der Waals surface area contributed by atoms with E-state index >= 15 is 0 Å². The van der Waals surface area contributed by atoms with E-state index in [0.29, 0.717) is 36.9 Å². The molecule has 2 aromatic rings. The van der Waals surface area contributed by atoms with Gasteiger partial charge in [-0.3, -0.25) is 9.59 Å². The number of benzene rings is 2. The molecule has 5 aliphatic rings. The Hall–Kier alpha value is -3.00. The van der Waals surface area contributed by atoms with Gasteiger partial charge in [-0.25, -0.2) is 13.1 Å². The average molecular weight is 785 g/mol. The fourth-order valence-electron chi connectivity index (χ4n) is 9.08. The molecule has 2 aliphatic carbocycles. The van der Waals surface area contributed by atoms with Gasteiger partial charge in [-0.1, -0.05) is 30.7 Å². The van der Waals surface area contributed by atoms with Crippen LogP contribution in [-0.2, 0) is 36.1 Å². The molecule has 11 nitrogen and oxygen atoms in total. The number of hydrogen-bond donors (Lipinski definition) is 2. The van der Waals surface area contributed by atoms with Crippen LogP contribution < -0.4 is 19.7 Å². The van der Waals surface area contributed by atoms with E-state index in [1.54, 1.807) is 25.3 Å². The molecule has 6 atom stereocenters. The number of methoxy groups -OCH3 is 2. The van der Waals surface area contributed by atoms with Gasteiger partial charge in [0, 0.05) is 82.0 Å². The number of amides is 1. The van der Waals surface area contributed by atoms with E-state index in [1.807, 2.05) is 25.1 Å². The van der Waals surface area contributed by atoms with Crippen molar-refractivity contribution in [3.8, 4) is 5.75 Å². The molecule has 3 aliphatic heterocycles. The quantitative estimate of drug-likeness (QED) is 0.316. The second-order valence-electron chi connectivity index (χ2n) is 15.9. The number of anilines is 1. The number of carbonyl (C=O) groups excluding carboxylic acids is 2. The van der Waals surface area contributed by atoms with E-state index in [1.165, 1.54) is 31.3 Å². The summed E-state index contributed by atoms with van der Waals surface area (Å²) >= 11 is 6.42. The Morgan fingerprint density at radius 1 is 1.11 bits per heavy atom. The molecule has 1 spiro atoms. The predicted octanol–water partition coefficient (Wildman–Crippen LogP) is 5.01. The number of allylic oxidation sites excluding steroid dienone is 1. The Balaban J connectivity index is 0.000000639. The van der Waals surface area contributed by atoms with E-state index in [0.717, 1.165) is 57.2 Å². The first kappa shape index (κ1) is 40.7. The average Bonchev–Trinajstić information content (AvgIpc) is 3.29. The number of carbonyl (C=O) groups is 2. The van der Waals surface area contributed by atoms with Crippen LogP contribution in [0.25, 0.3) is 0 Å². The standard InChI is InChI=1S/C36H45ClN2O7S.C5H12N2/c1-24-6-4-16-36(22-40,45-3)30-11-8-27(30)20-39-21-35(15-5-7-25-18-28(37)10-12-29(25)35)23-46-32-13-9-26(19-31(32)39)34(41)38-47(42,43)33(24)14-17-44-2;1-7-4-2-6-3-5-7/h4,9-10,12-13,16,18-19,22,24,27,30,33H,5-8,11,14-15,17,20-21,23H2,1-3H3,(H,38,41);6H,2-5H2,1H3/b16-4+;/t24-,27-,30+,33+,35-,36-;/m0./s1. The van der Waals surface area contributed by atoms with Crippen molar-refractivity contribution in [2.75, 3.05) is 78.6 Å². The zero-order chi connectivity index (χ0) is 38.5. The summed E-state index contributed by atoms with van der Waals surface area (Å²) in [5.74, 6) is -0.330. The number of rotatable bonds is 5. The number of nitrogens with one attached hydrogen (secondary N) is 2. The molecule has 0 unspecified atom stereocenters. The molecule has 0 aromatic heterocycles. The van der Waals surface area contributed by atoms with E-state index in [9.17, 15) is 18.0 Å². The third-order valence-electron chi connectivity index (χ3n) is 12.4. The number of likely N-dealkylation sites (N-methyl/N-ethyl adjacent to an activating group) is 1. The minimum Gasteiger partial charge on any atom is -0.490 e. The summed E-state index contributed by atoms with van der Waals surface area (Å²) in [5, 5.41) is 3.09. The molecule has 1 amide bonds. The lowest BCUT2D eigenvalue weighted by atomic mass is 9.64. The molecule has 2 fully saturated rings. The van der Waals surface area contributed by atoms with Crippen molar-refractivity contribution in [3.63, 3.8) is 0 Å². The Morgan fingerprint density at radius 2 is 1.91 bits per heavy atom. The van der Waals surface area contributed by atoms with Gasteiger partial charge in [-0.2, -0.15) is 0 Å². The minimum atomic E-state index is -4.09. The Kier molecular flexibility index (Phi) is 13.1. The smallest absolute Gasteiger partial charge is 0.264 e. The van der Waals surface area contributed by atoms with Crippen LogP contribution in [-0.4, -0.2) is 110 Å². The summed E-state index contributed by atoms with van der Waals surface area (Å²) in [6.45, 7) is 8.51. The number of hydrogen-bond acceptors (Lipinski definition) is 10. The van der Waals surface area contributed by atoms with Crippen LogP contribution in [0, 0.1) is 17.8 Å². The highest BCUT2D eigenvalue weighted by Gasteiger charge is 2.49. The predicted molar refractivity (Wildman–Crippen MR) is 212 cm³/mol. The normalized spacial score (nSPS) is 31.6. The molecule has 3 heterocycles. The van der Waals surface area contributed by atoms with Crippen LogP contribution in [0.15, 0.2) is 48.6 Å². The number of nitrogens with zero attached hydrogens (tertiary/aromatic N) is 2. The molecular weight excluding hydrogens is 728 g/mol. The summed E-state index contributed by atoms with van der Waals surface area (Å²) in [7, 11) is 1.15. The maximum absolute atomic E-state index is 13.7. The third-order valence-corrected chi connectivity index (χ3v) is 14.6. The first-order valence-electron chi connectivity index (χ1n) is 19.4. The zero-order valence-corrected chi connectivity index (χ0v) is 33.7. The SMILES string of the molecule is CN1CCNCC1.COCC[C@@H]1[C@@H](C)C/C=C/[C@@](C=O)(OC)[C@@H]2CC[C@H]2CN2C[C@@]3(CCCc4cc(Cl)ccc43)COc3ccc(cc32)C(=O)NS1(=O)=O. The van der Waals surface area contributed by atoms with Gasteiger partial charge in [-0.15, -0.1) is 0 Å². The summed E-state index contributed by atoms with van der Waals surface area (Å²) < 4.78 is 47.6. The van der Waals surface area contributed by atoms with Gasteiger partial charge >= 0.3 is 0 Å². The Morgan fingerprint density at radius 3 is 2.57 bits per heavy atom. The number of sulfonamides is 1. The maximum atomic E-state index is 13.7. The van der Waals surface area contributed by atoms with E-state index < -0.39 is 26.8 Å². The summed E-state index contributed by atoms with van der Waals surface area (Å²) in [4.78, 5) is 31.1. The number of ether oxygens (including phenoxy) is 3. The Bertz CT molecular complexity index is 1790. The van der Waals surface area contributed by atoms with E-state index in [-0.39, 0.29) is 41.8 Å². The molecule has 13 heteroatoms. The van der Waals surface area contributed by atoms with Crippen LogP contribution in [0.4, 0.5) is 5.69 Å². The highest BCUT2D eigenvalue weighted by molar-refractivity contribution is 7.90. The van der Waals surface area contributed by atoms with Gasteiger partial charge in [0.2, 0.25) is 10.0 Å². The van der Waals surface area contributed by atoms with Gasteiger partial charge in [0.15, 0.2) is 6.29 Å². The Labute approximate surface area is 326 Å². The molecule has 296 valence electrons. The van der Waals surface area contributed by atoms with Crippen LogP contribution in [0.3, 0.4) is 0 Å². The second-order valence-corrected chi connectivity index (χ2v) is 18.2. The second kappa shape index (κ2) is 17.4. The van der Waals surface area contributed by atoms with E-state index in [4.69, 9.17) is 25.8 Å². The lowest BCUT2D eigenvalue weighted by Crippen LogP contribution is -2.53. The number of piperazine rings is 1. The number of halogens is 1. The van der Waals surface area contributed by atoms with Crippen molar-refractivity contribution in [2.45, 2.75) is 68.1 Å². The molecule has 7 rings (SSSR count). The third kappa shape index (κ3) is 8.69. The minimum absolute atomic E-state index is 0.0648. The molecule has 1 saturated heterocycles. The van der Waals surface area contributed by atoms with Crippen LogP contribution >= 0.6 is 11.6 Å². The molecule has 2 N–H and O–H groups in total. The lowest BCUT2D eigenvalue weighted by molar-refractivity contribution is -0.135. The van der Waals surface area contributed by atoms with Crippen LogP contribution in [0.2, 0.25) is 5.02 Å². The first-order chi connectivity index (χ1) is 25.9. The van der Waals surface area contributed by atoms with Crippen molar-refractivity contribution >= 4 is 39.5 Å². The van der Waals surface area contributed by atoms with Crippen molar-refractivity contribution in [1.29, 1.82) is 0 Å². The van der Waals surface area contributed by atoms with Gasteiger partial charge in [0.25, 0.3) is 5.91 Å². The van der Waals surface area contributed by atoms with Crippen molar-refractivity contribution < 1.29 is 32.2 Å².